The summed E-state index contributed by atoms with van der Waals surface area (Å²) in [5, 5.41) is 8.67. The van der Waals surface area contributed by atoms with Crippen LogP contribution in [0.3, 0.4) is 0 Å². The van der Waals surface area contributed by atoms with Crippen molar-refractivity contribution >= 4 is 11.9 Å². The number of nitrogens with zero attached hydrogens (tertiary/aromatic N) is 2. The minimum absolute atomic E-state index is 0.00417. The van der Waals surface area contributed by atoms with Gasteiger partial charge in [-0.2, -0.15) is 0 Å². The first kappa shape index (κ1) is 12.3. The summed E-state index contributed by atoms with van der Waals surface area (Å²) in [5.41, 5.74) is 6.40. The Balaban J connectivity index is 0.000000791. The molecule has 1 rings (SSSR count). The van der Waals surface area contributed by atoms with Crippen LogP contribution in [0.15, 0.2) is 0 Å². The normalized spacial score (nSPS) is 8.86. The van der Waals surface area contributed by atoms with Gasteiger partial charge in [0.25, 0.3) is 0 Å². The quantitative estimate of drug-likeness (QED) is 0.710. The first-order chi connectivity index (χ1) is 6.52. The number of hydrogen-bond donors (Lipinski definition) is 2. The average molecular weight is 197 g/mol. The Morgan fingerprint density at radius 2 is 1.79 bits per heavy atom. The van der Waals surface area contributed by atoms with Gasteiger partial charge in [-0.3, -0.25) is 0 Å². The maximum Gasteiger partial charge on any atom is 0.354 e. The second-order valence-electron chi connectivity index (χ2n) is 2.45. The van der Waals surface area contributed by atoms with Crippen LogP contribution < -0.4 is 5.73 Å². The second kappa shape index (κ2) is 5.16. The van der Waals surface area contributed by atoms with E-state index in [1.807, 2.05) is 13.8 Å². The van der Waals surface area contributed by atoms with Gasteiger partial charge in [0.1, 0.15) is 0 Å². The highest BCUT2D eigenvalue weighted by Gasteiger charge is 2.12. The molecule has 0 aliphatic carbocycles. The molecule has 0 spiro atoms. The fourth-order valence-electron chi connectivity index (χ4n) is 0.859. The molecule has 0 fully saturated rings. The molecule has 0 atom stereocenters. The van der Waals surface area contributed by atoms with Gasteiger partial charge in [0.05, 0.1) is 0 Å². The summed E-state index contributed by atoms with van der Waals surface area (Å²) in [6.45, 7) is 7.35. The van der Waals surface area contributed by atoms with E-state index >= 15 is 0 Å². The minimum Gasteiger partial charge on any atom is -0.476 e. The van der Waals surface area contributed by atoms with E-state index in [0.29, 0.717) is 11.3 Å². The zero-order valence-electron chi connectivity index (χ0n) is 8.83. The first-order valence-electron chi connectivity index (χ1n) is 4.36. The van der Waals surface area contributed by atoms with E-state index in [0.717, 1.165) is 0 Å². The molecule has 78 valence electrons. The molecule has 1 aromatic heterocycles. The number of rotatable bonds is 1. The van der Waals surface area contributed by atoms with Crippen LogP contribution in [0.25, 0.3) is 0 Å². The minimum atomic E-state index is -1.08. The Morgan fingerprint density at radius 3 is 2.21 bits per heavy atom. The fraction of sp³-hybridized carbons (Fsp3) is 0.444. The van der Waals surface area contributed by atoms with E-state index in [1.54, 1.807) is 13.8 Å². The fourth-order valence-corrected chi connectivity index (χ4v) is 0.859. The predicted octanol–water partition coefficient (Wildman–Crippen LogP) is 1.40. The van der Waals surface area contributed by atoms with E-state index in [9.17, 15) is 4.79 Å². The van der Waals surface area contributed by atoms with Crippen molar-refractivity contribution in [3.8, 4) is 0 Å². The number of nitrogens with two attached hydrogens (primary N) is 1. The molecule has 5 heteroatoms. The summed E-state index contributed by atoms with van der Waals surface area (Å²) in [5.74, 6) is -1.08. The Hall–Kier alpha value is -1.65. The summed E-state index contributed by atoms with van der Waals surface area (Å²) < 4.78 is 0. The van der Waals surface area contributed by atoms with E-state index in [2.05, 4.69) is 9.97 Å². The summed E-state index contributed by atoms with van der Waals surface area (Å²) in [4.78, 5) is 18.0. The third-order valence-electron chi connectivity index (χ3n) is 1.61. The molecule has 5 nitrogen and oxygen atoms in total. The molecular weight excluding hydrogens is 182 g/mol. The lowest BCUT2D eigenvalue weighted by molar-refractivity contribution is 0.0689. The number of carbonyl (C=O) groups is 1. The molecule has 0 saturated heterocycles. The lowest BCUT2D eigenvalue weighted by Crippen LogP contribution is -2.09. The Bertz CT molecular complexity index is 337. The van der Waals surface area contributed by atoms with Crippen LogP contribution >= 0.6 is 0 Å². The molecule has 14 heavy (non-hydrogen) atoms. The lowest BCUT2D eigenvalue weighted by Gasteiger charge is -2.03. The van der Waals surface area contributed by atoms with E-state index < -0.39 is 5.97 Å². The number of aryl methyl sites for hydroxylation is 1. The summed E-state index contributed by atoms with van der Waals surface area (Å²) >= 11 is 0. The molecule has 0 amide bonds. The molecule has 1 aromatic rings. The number of aromatic carboxylic acids is 1. The first-order valence-corrected chi connectivity index (χ1v) is 4.36. The van der Waals surface area contributed by atoms with Crippen molar-refractivity contribution in [3.05, 3.63) is 17.0 Å². The molecule has 0 saturated carbocycles. The van der Waals surface area contributed by atoms with Crippen molar-refractivity contribution in [2.75, 3.05) is 5.73 Å². The smallest absolute Gasteiger partial charge is 0.354 e. The van der Waals surface area contributed by atoms with Gasteiger partial charge >= 0.3 is 5.97 Å². The van der Waals surface area contributed by atoms with E-state index in [-0.39, 0.29) is 11.6 Å². The monoisotopic (exact) mass is 197 g/mol. The van der Waals surface area contributed by atoms with E-state index in [1.165, 1.54) is 0 Å². The average Bonchev–Trinajstić information content (AvgIpc) is 2.14. The van der Waals surface area contributed by atoms with Gasteiger partial charge in [0.15, 0.2) is 5.69 Å². The third-order valence-corrected chi connectivity index (χ3v) is 1.61. The number of aromatic nitrogens is 2. The van der Waals surface area contributed by atoms with E-state index in [4.69, 9.17) is 10.8 Å². The number of nitrogen functional groups attached to an aromatic ring is 1. The Morgan fingerprint density at radius 1 is 1.29 bits per heavy atom. The molecule has 0 aromatic carbocycles. The zero-order chi connectivity index (χ0) is 11.3. The maximum atomic E-state index is 10.6. The second-order valence-corrected chi connectivity index (χ2v) is 2.45. The van der Waals surface area contributed by atoms with Gasteiger partial charge in [0, 0.05) is 11.3 Å². The van der Waals surface area contributed by atoms with Crippen LogP contribution in [0.5, 0.6) is 0 Å². The van der Waals surface area contributed by atoms with Gasteiger partial charge in [-0.1, -0.05) is 13.8 Å². The standard InChI is InChI=1S/C7H9N3O2.C2H6/c1-3-4(2)9-7(8)10-5(3)6(11)12;1-2/h1-2H3,(H,11,12)(H2,8,9,10);1-2H3. The highest BCUT2D eigenvalue weighted by Crippen LogP contribution is 2.09. The SMILES string of the molecule is CC.Cc1nc(N)nc(C(=O)O)c1C. The molecular formula is C9H15N3O2. The summed E-state index contributed by atoms with van der Waals surface area (Å²) in [6.07, 6.45) is 0. The summed E-state index contributed by atoms with van der Waals surface area (Å²) in [6, 6.07) is 0. The van der Waals surface area contributed by atoms with Gasteiger partial charge in [-0.25, -0.2) is 14.8 Å². The number of hydrogen-bond acceptors (Lipinski definition) is 4. The molecule has 0 unspecified atom stereocenters. The molecule has 3 N–H and O–H groups in total. The van der Waals surface area contributed by atoms with Gasteiger partial charge in [-0.15, -0.1) is 0 Å². The largest absolute Gasteiger partial charge is 0.476 e. The zero-order valence-corrected chi connectivity index (χ0v) is 8.83. The van der Waals surface area contributed by atoms with Crippen LogP contribution in [-0.2, 0) is 0 Å². The van der Waals surface area contributed by atoms with Crippen LogP contribution in [0.1, 0.15) is 35.6 Å². The van der Waals surface area contributed by atoms with Crippen molar-refractivity contribution in [2.24, 2.45) is 0 Å². The van der Waals surface area contributed by atoms with Crippen molar-refractivity contribution in [2.45, 2.75) is 27.7 Å². The van der Waals surface area contributed by atoms with Crippen LogP contribution in [-0.4, -0.2) is 21.0 Å². The molecule has 0 aliphatic rings. The van der Waals surface area contributed by atoms with Crippen molar-refractivity contribution in [3.63, 3.8) is 0 Å². The lowest BCUT2D eigenvalue weighted by atomic mass is 10.2. The highest BCUT2D eigenvalue weighted by atomic mass is 16.4. The molecule has 0 aliphatic heterocycles. The van der Waals surface area contributed by atoms with Crippen molar-refractivity contribution < 1.29 is 9.90 Å². The topological polar surface area (TPSA) is 89.1 Å². The van der Waals surface area contributed by atoms with Gasteiger partial charge < -0.3 is 10.8 Å². The van der Waals surface area contributed by atoms with Crippen molar-refractivity contribution in [1.29, 1.82) is 0 Å². The van der Waals surface area contributed by atoms with Gasteiger partial charge in [-0.05, 0) is 13.8 Å². The predicted molar refractivity (Wildman–Crippen MR) is 54.2 cm³/mol. The number of carboxylic acid groups (broad SMARTS) is 1. The Labute approximate surface area is 83.0 Å². The summed E-state index contributed by atoms with van der Waals surface area (Å²) in [7, 11) is 0. The maximum absolute atomic E-state index is 10.6. The van der Waals surface area contributed by atoms with Crippen LogP contribution in [0.4, 0.5) is 5.95 Å². The van der Waals surface area contributed by atoms with Gasteiger partial charge in [0.2, 0.25) is 5.95 Å². The molecule has 1 heterocycles. The third kappa shape index (κ3) is 2.69. The number of anilines is 1. The Kier molecular flexibility index (Phi) is 4.55. The van der Waals surface area contributed by atoms with Crippen LogP contribution in [0.2, 0.25) is 0 Å². The molecule has 0 radical (unpaired) electrons. The van der Waals surface area contributed by atoms with Crippen molar-refractivity contribution in [1.82, 2.24) is 9.97 Å². The highest BCUT2D eigenvalue weighted by molar-refractivity contribution is 5.87. The number of carboxylic acids is 1. The molecule has 0 bridgehead atoms. The van der Waals surface area contributed by atoms with Crippen LogP contribution in [0, 0.1) is 13.8 Å².